The Hall–Kier alpha value is -1.92. The molecule has 1 aliphatic heterocycles. The number of amides is 2. The fourth-order valence-corrected chi connectivity index (χ4v) is 7.39. The zero-order valence-electron chi connectivity index (χ0n) is 20.9. The highest BCUT2D eigenvalue weighted by atomic mass is 16.5. The molecule has 2 N–H and O–H groups in total. The van der Waals surface area contributed by atoms with Crippen molar-refractivity contribution in [1.29, 1.82) is 0 Å². The molecule has 1 aromatic carbocycles. The fraction of sp³-hybridized carbons (Fsp3) is 0.714. The molecule has 1 atom stereocenters. The number of hydrogen-bond acceptors (Lipinski definition) is 4. The van der Waals surface area contributed by atoms with Crippen LogP contribution in [0.1, 0.15) is 63.5 Å². The number of carbonyl (C=O) groups is 2. The molecule has 4 bridgehead atoms. The Bertz CT molecular complexity index is 857. The second-order valence-electron chi connectivity index (χ2n) is 11.8. The van der Waals surface area contributed by atoms with Crippen LogP contribution < -0.4 is 10.6 Å². The van der Waals surface area contributed by atoms with Crippen LogP contribution in [-0.2, 0) is 27.4 Å². The molecule has 6 rings (SSSR count). The summed E-state index contributed by atoms with van der Waals surface area (Å²) in [5.41, 5.74) is 2.15. The van der Waals surface area contributed by atoms with Gasteiger partial charge in [-0.1, -0.05) is 38.1 Å². The minimum atomic E-state index is -0.494. The maximum Gasteiger partial charge on any atom is 0.243 e. The lowest BCUT2D eigenvalue weighted by molar-refractivity contribution is -0.149. The van der Waals surface area contributed by atoms with Gasteiger partial charge in [-0.25, -0.2) is 0 Å². The second-order valence-corrected chi connectivity index (χ2v) is 11.8. The van der Waals surface area contributed by atoms with Crippen LogP contribution in [0.3, 0.4) is 0 Å². The smallest absolute Gasteiger partial charge is 0.243 e. The van der Waals surface area contributed by atoms with Gasteiger partial charge in [-0.2, -0.15) is 0 Å². The molecule has 0 spiro atoms. The number of nitrogens with zero attached hydrogens (tertiary/aromatic N) is 1. The van der Waals surface area contributed by atoms with E-state index < -0.39 is 6.04 Å². The fourth-order valence-electron chi connectivity index (χ4n) is 7.39. The summed E-state index contributed by atoms with van der Waals surface area (Å²) in [6.07, 6.45) is 6.99. The first-order valence-corrected chi connectivity index (χ1v) is 13.4. The molecule has 1 heterocycles. The molecule has 4 aliphatic carbocycles. The van der Waals surface area contributed by atoms with Crippen LogP contribution >= 0.6 is 0 Å². The summed E-state index contributed by atoms with van der Waals surface area (Å²) in [5.74, 6) is 2.24. The molecule has 0 radical (unpaired) electrons. The molecule has 0 aromatic heterocycles. The Morgan fingerprint density at radius 2 is 1.59 bits per heavy atom. The molecule has 6 nitrogen and oxygen atoms in total. The predicted molar refractivity (Wildman–Crippen MR) is 132 cm³/mol. The first kappa shape index (κ1) is 23.8. The van der Waals surface area contributed by atoms with Crippen molar-refractivity contribution in [2.45, 2.75) is 71.5 Å². The minimum Gasteiger partial charge on any atom is -0.379 e. The van der Waals surface area contributed by atoms with Gasteiger partial charge in [0, 0.05) is 31.6 Å². The van der Waals surface area contributed by atoms with Gasteiger partial charge in [-0.15, -0.1) is 0 Å². The molecule has 4 saturated carbocycles. The van der Waals surface area contributed by atoms with E-state index in [2.05, 4.69) is 33.7 Å². The number of carbonyl (C=O) groups excluding carboxylic acids is 2. The van der Waals surface area contributed by atoms with Crippen LogP contribution in [0.2, 0.25) is 0 Å². The van der Waals surface area contributed by atoms with Crippen molar-refractivity contribution >= 4 is 11.8 Å². The number of nitrogens with one attached hydrogen (secondary N) is 2. The Morgan fingerprint density at radius 1 is 1.00 bits per heavy atom. The highest BCUT2D eigenvalue weighted by molar-refractivity contribution is 5.90. The topological polar surface area (TPSA) is 70.7 Å². The molecular formula is C28H41N3O3. The first-order chi connectivity index (χ1) is 16.4. The summed E-state index contributed by atoms with van der Waals surface area (Å²) >= 11 is 0. The molecular weight excluding hydrogens is 426 g/mol. The van der Waals surface area contributed by atoms with Crippen molar-refractivity contribution in [3.63, 3.8) is 0 Å². The lowest BCUT2D eigenvalue weighted by atomic mass is 9.49. The van der Waals surface area contributed by atoms with Crippen molar-refractivity contribution in [2.75, 3.05) is 26.3 Å². The molecule has 1 saturated heterocycles. The summed E-state index contributed by atoms with van der Waals surface area (Å²) in [5, 5.41) is 6.36. The van der Waals surface area contributed by atoms with Gasteiger partial charge < -0.3 is 15.4 Å². The van der Waals surface area contributed by atoms with Gasteiger partial charge in [-0.05, 0) is 73.3 Å². The standard InChI is InChI=1S/C28H41N3O3/c1-19(2)25(30-27(33)28-14-20-11-21(15-28)13-22(12-20)16-28)26(32)29-17-23-5-3-4-6-24(23)18-31-7-9-34-10-8-31/h3-6,19-22,25H,7-18H2,1-2H3,(H,29,32)(H,30,33). The highest BCUT2D eigenvalue weighted by Gasteiger charge is 2.55. The summed E-state index contributed by atoms with van der Waals surface area (Å²) in [4.78, 5) is 29.2. The Labute approximate surface area is 204 Å². The molecule has 1 unspecified atom stereocenters. The van der Waals surface area contributed by atoms with E-state index in [1.807, 2.05) is 19.9 Å². The maximum absolute atomic E-state index is 13.6. The van der Waals surface area contributed by atoms with E-state index in [1.165, 1.54) is 24.8 Å². The van der Waals surface area contributed by atoms with Crippen molar-refractivity contribution in [3.05, 3.63) is 35.4 Å². The van der Waals surface area contributed by atoms with Gasteiger partial charge in [-0.3, -0.25) is 14.5 Å². The van der Waals surface area contributed by atoms with E-state index in [9.17, 15) is 9.59 Å². The Kier molecular flexibility index (Phi) is 6.99. The van der Waals surface area contributed by atoms with Gasteiger partial charge in [0.15, 0.2) is 0 Å². The van der Waals surface area contributed by atoms with E-state index in [0.717, 1.165) is 57.7 Å². The largest absolute Gasteiger partial charge is 0.379 e. The van der Waals surface area contributed by atoms with E-state index in [1.54, 1.807) is 0 Å². The van der Waals surface area contributed by atoms with Gasteiger partial charge in [0.1, 0.15) is 6.04 Å². The molecule has 34 heavy (non-hydrogen) atoms. The first-order valence-electron chi connectivity index (χ1n) is 13.4. The number of morpholine rings is 1. The number of rotatable bonds is 8. The number of ether oxygens (including phenoxy) is 1. The van der Waals surface area contributed by atoms with E-state index >= 15 is 0 Å². The van der Waals surface area contributed by atoms with Crippen LogP contribution in [0.15, 0.2) is 24.3 Å². The van der Waals surface area contributed by atoms with Crippen molar-refractivity contribution in [3.8, 4) is 0 Å². The summed E-state index contributed by atoms with van der Waals surface area (Å²) in [7, 11) is 0. The quantitative estimate of drug-likeness (QED) is 0.614. The van der Waals surface area contributed by atoms with Crippen molar-refractivity contribution < 1.29 is 14.3 Å². The van der Waals surface area contributed by atoms with Crippen LogP contribution in [0.5, 0.6) is 0 Å². The van der Waals surface area contributed by atoms with Crippen LogP contribution in [0.25, 0.3) is 0 Å². The van der Waals surface area contributed by atoms with Crippen LogP contribution in [0.4, 0.5) is 0 Å². The van der Waals surface area contributed by atoms with E-state index in [4.69, 9.17) is 4.74 Å². The normalized spacial score (nSPS) is 31.4. The van der Waals surface area contributed by atoms with Gasteiger partial charge >= 0.3 is 0 Å². The Balaban J connectivity index is 1.21. The molecule has 2 amide bonds. The SMILES string of the molecule is CC(C)C(NC(=O)C12CC3CC(CC(C3)C1)C2)C(=O)NCc1ccccc1CN1CCOCC1. The predicted octanol–water partition coefficient (Wildman–Crippen LogP) is 3.49. The molecule has 1 aromatic rings. The lowest BCUT2D eigenvalue weighted by Gasteiger charge is -2.55. The minimum absolute atomic E-state index is 0.0430. The third-order valence-electron chi connectivity index (χ3n) is 8.82. The average Bonchev–Trinajstić information content (AvgIpc) is 2.81. The molecule has 6 heteroatoms. The van der Waals surface area contributed by atoms with Gasteiger partial charge in [0.05, 0.1) is 13.2 Å². The van der Waals surface area contributed by atoms with Crippen LogP contribution in [0, 0.1) is 29.1 Å². The number of benzene rings is 1. The lowest BCUT2D eigenvalue weighted by Crippen LogP contribution is -2.58. The van der Waals surface area contributed by atoms with Crippen LogP contribution in [-0.4, -0.2) is 49.1 Å². The van der Waals surface area contributed by atoms with Gasteiger partial charge in [0.25, 0.3) is 0 Å². The molecule has 186 valence electrons. The maximum atomic E-state index is 13.6. The monoisotopic (exact) mass is 467 g/mol. The molecule has 5 fully saturated rings. The third kappa shape index (κ3) is 5.03. The summed E-state index contributed by atoms with van der Waals surface area (Å²) in [6.45, 7) is 8.82. The highest BCUT2D eigenvalue weighted by Crippen LogP contribution is 2.60. The zero-order valence-corrected chi connectivity index (χ0v) is 20.9. The second kappa shape index (κ2) is 9.98. The van der Waals surface area contributed by atoms with Crippen molar-refractivity contribution in [2.24, 2.45) is 29.1 Å². The summed E-state index contributed by atoms with van der Waals surface area (Å²) < 4.78 is 5.47. The zero-order chi connectivity index (χ0) is 23.7. The average molecular weight is 468 g/mol. The summed E-state index contributed by atoms with van der Waals surface area (Å²) in [6, 6.07) is 7.83. The van der Waals surface area contributed by atoms with E-state index in [-0.39, 0.29) is 23.1 Å². The van der Waals surface area contributed by atoms with E-state index in [0.29, 0.717) is 24.3 Å². The van der Waals surface area contributed by atoms with Gasteiger partial charge in [0.2, 0.25) is 11.8 Å². The third-order valence-corrected chi connectivity index (χ3v) is 8.82. The molecule has 5 aliphatic rings. The number of hydrogen-bond donors (Lipinski definition) is 2. The Morgan fingerprint density at radius 3 is 2.18 bits per heavy atom. The van der Waals surface area contributed by atoms with Crippen molar-refractivity contribution in [1.82, 2.24) is 15.5 Å².